The van der Waals surface area contributed by atoms with Crippen molar-refractivity contribution in [3.63, 3.8) is 0 Å². The maximum absolute atomic E-state index is 6.32. The lowest BCUT2D eigenvalue weighted by atomic mass is 9.50. The van der Waals surface area contributed by atoms with Crippen LogP contribution in [-0.2, 0) is 24.0 Å². The first-order valence-corrected chi connectivity index (χ1v) is 9.18. The summed E-state index contributed by atoms with van der Waals surface area (Å²) in [5, 5.41) is 0. The minimum atomic E-state index is -0.717. The second-order valence-electron chi connectivity index (χ2n) is 8.37. The van der Waals surface area contributed by atoms with Crippen molar-refractivity contribution in [2.45, 2.75) is 84.3 Å². The van der Waals surface area contributed by atoms with Crippen LogP contribution in [0.3, 0.4) is 0 Å². The van der Waals surface area contributed by atoms with E-state index >= 15 is 0 Å². The summed E-state index contributed by atoms with van der Waals surface area (Å²) in [7, 11) is 0. The van der Waals surface area contributed by atoms with Crippen LogP contribution in [0.5, 0.6) is 0 Å². The summed E-state index contributed by atoms with van der Waals surface area (Å²) < 4.78 is 18.5. The summed E-state index contributed by atoms with van der Waals surface area (Å²) >= 11 is 0. The second-order valence-corrected chi connectivity index (χ2v) is 8.37. The van der Waals surface area contributed by atoms with Crippen LogP contribution in [0.1, 0.15) is 60.3 Å². The number of fused-ring (bicyclic) bond motifs is 2. The molecule has 8 atom stereocenters. The molecule has 0 aromatic carbocycles. The number of hydrogen-bond donors (Lipinski definition) is 0. The molecule has 1 aliphatic carbocycles. The third kappa shape index (κ3) is 1.97. The quantitative estimate of drug-likeness (QED) is 0.725. The van der Waals surface area contributed by atoms with E-state index in [4.69, 9.17) is 24.0 Å². The van der Waals surface area contributed by atoms with Gasteiger partial charge < -0.3 is 14.2 Å². The fourth-order valence-electron chi connectivity index (χ4n) is 5.52. The van der Waals surface area contributed by atoms with Gasteiger partial charge in [0.05, 0.1) is 0 Å². The van der Waals surface area contributed by atoms with E-state index in [-0.39, 0.29) is 17.6 Å². The average molecular weight is 326 g/mol. The van der Waals surface area contributed by atoms with Crippen molar-refractivity contribution >= 4 is 0 Å². The predicted molar refractivity (Wildman–Crippen MR) is 83.1 cm³/mol. The molecule has 23 heavy (non-hydrogen) atoms. The highest BCUT2D eigenvalue weighted by atomic mass is 17.3. The highest BCUT2D eigenvalue weighted by Gasteiger charge is 2.74. The summed E-state index contributed by atoms with van der Waals surface area (Å²) in [6, 6.07) is 0. The zero-order valence-corrected chi connectivity index (χ0v) is 15.0. The second kappa shape index (κ2) is 5.15. The van der Waals surface area contributed by atoms with Crippen molar-refractivity contribution in [3.05, 3.63) is 0 Å². The Labute approximate surface area is 138 Å². The zero-order chi connectivity index (χ0) is 16.5. The van der Waals surface area contributed by atoms with Gasteiger partial charge in [0.15, 0.2) is 18.2 Å². The summed E-state index contributed by atoms with van der Waals surface area (Å²) in [5.74, 6) is 0.479. The molecule has 4 aliphatic heterocycles. The molecule has 1 unspecified atom stereocenters. The summed E-state index contributed by atoms with van der Waals surface area (Å²) in [6.07, 6.45) is 3.51. The molecule has 0 aromatic rings. The molecule has 4 saturated heterocycles. The van der Waals surface area contributed by atoms with Crippen LogP contribution in [0.25, 0.3) is 0 Å². The van der Waals surface area contributed by atoms with Gasteiger partial charge in [-0.15, -0.1) is 0 Å². The summed E-state index contributed by atoms with van der Waals surface area (Å²) in [4.78, 5) is 12.0. The molecule has 4 heterocycles. The first-order chi connectivity index (χ1) is 10.9. The summed E-state index contributed by atoms with van der Waals surface area (Å²) in [6.45, 7) is 11.5. The normalized spacial score (nSPS) is 58.6. The van der Waals surface area contributed by atoms with E-state index in [0.29, 0.717) is 18.4 Å². The molecular formula is C18H30O5. The van der Waals surface area contributed by atoms with Gasteiger partial charge in [-0.3, -0.25) is 0 Å². The van der Waals surface area contributed by atoms with Crippen molar-refractivity contribution in [2.24, 2.45) is 23.2 Å². The molecule has 5 aliphatic rings. The Morgan fingerprint density at radius 2 is 1.87 bits per heavy atom. The Bertz CT molecular complexity index is 484. The fourth-order valence-corrected chi connectivity index (χ4v) is 5.52. The molecule has 5 heteroatoms. The molecule has 0 radical (unpaired) electrons. The van der Waals surface area contributed by atoms with E-state index < -0.39 is 17.7 Å². The third-order valence-corrected chi connectivity index (χ3v) is 7.22. The van der Waals surface area contributed by atoms with Crippen molar-refractivity contribution in [2.75, 3.05) is 6.61 Å². The van der Waals surface area contributed by atoms with Gasteiger partial charge in [0.25, 0.3) is 0 Å². The number of hydrogen-bond acceptors (Lipinski definition) is 5. The Morgan fingerprint density at radius 1 is 1.09 bits per heavy atom. The lowest BCUT2D eigenvalue weighted by molar-refractivity contribution is -0.587. The van der Waals surface area contributed by atoms with Crippen LogP contribution >= 0.6 is 0 Å². The minimum Gasteiger partial charge on any atom is -0.353 e. The highest BCUT2D eigenvalue weighted by Crippen LogP contribution is 2.66. The predicted octanol–water partition coefficient (Wildman–Crippen LogP) is 3.62. The molecule has 132 valence electrons. The fraction of sp³-hybridized carbons (Fsp3) is 1.00. The van der Waals surface area contributed by atoms with E-state index in [2.05, 4.69) is 20.8 Å². The molecule has 5 fully saturated rings. The molecule has 5 rings (SSSR count). The van der Waals surface area contributed by atoms with Gasteiger partial charge in [0.1, 0.15) is 0 Å². The van der Waals surface area contributed by atoms with Gasteiger partial charge in [0, 0.05) is 24.4 Å². The van der Waals surface area contributed by atoms with Crippen LogP contribution in [0.4, 0.5) is 0 Å². The molecule has 0 N–H and O–H groups in total. The summed E-state index contributed by atoms with van der Waals surface area (Å²) in [5.41, 5.74) is -0.619. The molecular weight excluding hydrogens is 296 g/mol. The van der Waals surface area contributed by atoms with Crippen LogP contribution < -0.4 is 0 Å². The first-order valence-electron chi connectivity index (χ1n) is 9.18. The van der Waals surface area contributed by atoms with Crippen LogP contribution in [0, 0.1) is 23.2 Å². The topological polar surface area (TPSA) is 46.2 Å². The Morgan fingerprint density at radius 3 is 2.61 bits per heavy atom. The van der Waals surface area contributed by atoms with Crippen LogP contribution in [0.2, 0.25) is 0 Å². The molecule has 0 aromatic heterocycles. The van der Waals surface area contributed by atoms with E-state index in [9.17, 15) is 0 Å². The molecule has 1 spiro atoms. The monoisotopic (exact) mass is 326 g/mol. The van der Waals surface area contributed by atoms with Gasteiger partial charge >= 0.3 is 0 Å². The smallest absolute Gasteiger partial charge is 0.201 e. The lowest BCUT2D eigenvalue weighted by Gasteiger charge is -2.65. The van der Waals surface area contributed by atoms with E-state index in [0.717, 1.165) is 19.3 Å². The SMILES string of the molecule is CCO[C@@H]1O[C@@H]2OC3(C)CC[C@H]4[C@H](C)CC[C@@](C)([C@H]1C)[C@@]24OO3. The molecule has 1 saturated carbocycles. The van der Waals surface area contributed by atoms with Gasteiger partial charge in [-0.2, -0.15) is 0 Å². The maximum Gasteiger partial charge on any atom is 0.201 e. The van der Waals surface area contributed by atoms with E-state index in [1.807, 2.05) is 13.8 Å². The van der Waals surface area contributed by atoms with Gasteiger partial charge in [0.2, 0.25) is 5.79 Å². The molecule has 2 bridgehead atoms. The van der Waals surface area contributed by atoms with Crippen molar-refractivity contribution < 1.29 is 24.0 Å². The highest BCUT2D eigenvalue weighted by molar-refractivity contribution is 5.14. The minimum absolute atomic E-state index is 0.0847. The zero-order valence-electron chi connectivity index (χ0n) is 15.0. The van der Waals surface area contributed by atoms with Crippen LogP contribution in [0.15, 0.2) is 0 Å². The van der Waals surface area contributed by atoms with Crippen LogP contribution in [-0.4, -0.2) is 30.6 Å². The Balaban J connectivity index is 1.82. The van der Waals surface area contributed by atoms with Crippen molar-refractivity contribution in [3.8, 4) is 0 Å². The van der Waals surface area contributed by atoms with Gasteiger partial charge in [-0.1, -0.05) is 20.8 Å². The average Bonchev–Trinajstić information content (AvgIpc) is 2.75. The van der Waals surface area contributed by atoms with Crippen molar-refractivity contribution in [1.82, 2.24) is 0 Å². The molecule has 0 amide bonds. The first kappa shape index (κ1) is 16.3. The Kier molecular flexibility index (Phi) is 3.64. The van der Waals surface area contributed by atoms with E-state index in [1.54, 1.807) is 0 Å². The lowest BCUT2D eigenvalue weighted by Crippen LogP contribution is -2.74. The molecule has 5 nitrogen and oxygen atoms in total. The number of rotatable bonds is 2. The van der Waals surface area contributed by atoms with Gasteiger partial charge in [-0.05, 0) is 44.9 Å². The third-order valence-electron chi connectivity index (χ3n) is 7.22. The van der Waals surface area contributed by atoms with E-state index in [1.165, 1.54) is 6.42 Å². The largest absolute Gasteiger partial charge is 0.353 e. The Hall–Kier alpha value is -0.200. The maximum atomic E-state index is 6.32. The standard InChI is InChI=1S/C18H30O5/c1-6-19-14-12(3)16(4)9-7-11(2)13-8-10-17(5)21-15(20-14)18(13,16)23-22-17/h11-15H,6-10H2,1-5H3/t11-,12+,13+,14-,15-,16+,17?,18+/m1/s1. The van der Waals surface area contributed by atoms with Gasteiger partial charge in [-0.25, -0.2) is 9.78 Å². The van der Waals surface area contributed by atoms with Crippen molar-refractivity contribution in [1.29, 1.82) is 0 Å². The number of ether oxygens (including phenoxy) is 3.